The number of fused-ring (bicyclic) bond motifs is 1. The summed E-state index contributed by atoms with van der Waals surface area (Å²) in [6, 6.07) is 7.04. The Morgan fingerprint density at radius 1 is 1.32 bits per heavy atom. The molecule has 0 radical (unpaired) electrons. The molecule has 3 rings (SSSR count). The van der Waals surface area contributed by atoms with Gasteiger partial charge >= 0.3 is 0 Å². The summed E-state index contributed by atoms with van der Waals surface area (Å²) in [5, 5.41) is 0. The third-order valence-corrected chi connectivity index (χ3v) is 5.66. The van der Waals surface area contributed by atoms with E-state index in [9.17, 15) is 0 Å². The second-order valence-electron chi connectivity index (χ2n) is 7.67. The van der Waals surface area contributed by atoms with Crippen LogP contribution >= 0.6 is 0 Å². The Kier molecular flexibility index (Phi) is 4.21. The van der Waals surface area contributed by atoms with Crippen LogP contribution in [0.5, 0.6) is 5.75 Å². The van der Waals surface area contributed by atoms with Crippen LogP contribution < -0.4 is 10.5 Å². The van der Waals surface area contributed by atoms with E-state index in [-0.39, 0.29) is 11.6 Å². The molecule has 2 aliphatic heterocycles. The summed E-state index contributed by atoms with van der Waals surface area (Å²) in [6.45, 7) is 11.1. The highest BCUT2D eigenvalue weighted by Gasteiger charge is 2.43. The molecule has 1 saturated heterocycles. The van der Waals surface area contributed by atoms with Gasteiger partial charge in [-0.15, -0.1) is 0 Å². The maximum absolute atomic E-state index is 6.69. The number of nitrogens with zero attached hydrogens (tertiary/aromatic N) is 1. The van der Waals surface area contributed by atoms with Crippen molar-refractivity contribution in [3.63, 3.8) is 0 Å². The second-order valence-corrected chi connectivity index (χ2v) is 7.67. The van der Waals surface area contributed by atoms with Crippen molar-refractivity contribution in [2.75, 3.05) is 13.1 Å². The summed E-state index contributed by atoms with van der Waals surface area (Å²) in [6.07, 6.45) is 3.97. The van der Waals surface area contributed by atoms with Crippen molar-refractivity contribution in [2.24, 2.45) is 11.7 Å². The monoisotopic (exact) mass is 302 g/mol. The fourth-order valence-electron chi connectivity index (χ4n) is 4.08. The predicted octanol–water partition coefficient (Wildman–Crippen LogP) is 3.66. The number of hydrogen-bond acceptors (Lipinski definition) is 3. The van der Waals surface area contributed by atoms with Gasteiger partial charge in [0, 0.05) is 30.1 Å². The van der Waals surface area contributed by atoms with Gasteiger partial charge in [0.15, 0.2) is 0 Å². The molecule has 3 atom stereocenters. The predicted molar refractivity (Wildman–Crippen MR) is 91.2 cm³/mol. The van der Waals surface area contributed by atoms with E-state index in [0.29, 0.717) is 12.0 Å². The molecular formula is C19H30N2O. The fraction of sp³-hybridized carbons (Fsp3) is 0.684. The highest BCUT2D eigenvalue weighted by molar-refractivity contribution is 5.45. The first-order valence-corrected chi connectivity index (χ1v) is 8.68. The number of aryl methyl sites for hydroxylation is 1. The largest absolute Gasteiger partial charge is 0.487 e. The summed E-state index contributed by atoms with van der Waals surface area (Å²) >= 11 is 0. The van der Waals surface area contributed by atoms with Crippen LogP contribution in [0.15, 0.2) is 18.2 Å². The lowest BCUT2D eigenvalue weighted by molar-refractivity contribution is -0.0170. The van der Waals surface area contributed by atoms with Crippen molar-refractivity contribution in [2.45, 2.75) is 64.6 Å². The quantitative estimate of drug-likeness (QED) is 0.906. The fourth-order valence-corrected chi connectivity index (χ4v) is 4.08. The van der Waals surface area contributed by atoms with E-state index in [4.69, 9.17) is 10.5 Å². The van der Waals surface area contributed by atoms with E-state index in [2.05, 4.69) is 50.8 Å². The topological polar surface area (TPSA) is 38.5 Å². The number of benzene rings is 1. The highest BCUT2D eigenvalue weighted by atomic mass is 16.5. The van der Waals surface area contributed by atoms with Crippen molar-refractivity contribution < 1.29 is 4.74 Å². The Morgan fingerprint density at radius 2 is 2.09 bits per heavy atom. The molecule has 1 fully saturated rings. The maximum Gasteiger partial charge on any atom is 0.127 e. The first-order valence-electron chi connectivity index (χ1n) is 8.68. The molecule has 0 bridgehead atoms. The Labute approximate surface area is 134 Å². The maximum atomic E-state index is 6.69. The van der Waals surface area contributed by atoms with Crippen LogP contribution in [0.2, 0.25) is 0 Å². The third-order valence-electron chi connectivity index (χ3n) is 5.66. The van der Waals surface area contributed by atoms with E-state index in [1.807, 2.05) is 0 Å². The Morgan fingerprint density at radius 3 is 2.82 bits per heavy atom. The number of ether oxygens (including phenoxy) is 1. The SMILES string of the molecule is Cc1cccc2c1OC(C)(C)C(CN1CCCCC1C)C2N. The van der Waals surface area contributed by atoms with Crippen LogP contribution in [-0.2, 0) is 0 Å². The van der Waals surface area contributed by atoms with Crippen LogP contribution in [0.25, 0.3) is 0 Å². The molecule has 0 aromatic heterocycles. The molecule has 122 valence electrons. The van der Waals surface area contributed by atoms with Gasteiger partial charge < -0.3 is 15.4 Å². The van der Waals surface area contributed by atoms with Gasteiger partial charge in [-0.05, 0) is 52.6 Å². The molecule has 0 amide bonds. The third kappa shape index (κ3) is 2.77. The molecule has 0 aliphatic carbocycles. The average molecular weight is 302 g/mol. The van der Waals surface area contributed by atoms with E-state index < -0.39 is 0 Å². The van der Waals surface area contributed by atoms with Crippen molar-refractivity contribution in [3.05, 3.63) is 29.3 Å². The molecule has 2 N–H and O–H groups in total. The van der Waals surface area contributed by atoms with E-state index >= 15 is 0 Å². The summed E-state index contributed by atoms with van der Waals surface area (Å²) in [5.74, 6) is 1.32. The Bertz CT molecular complexity index is 540. The highest BCUT2D eigenvalue weighted by Crippen LogP contribution is 2.44. The van der Waals surface area contributed by atoms with Crippen LogP contribution in [0.1, 0.15) is 57.2 Å². The minimum atomic E-state index is -0.226. The lowest BCUT2D eigenvalue weighted by Crippen LogP contribution is -2.54. The first kappa shape index (κ1) is 15.8. The zero-order chi connectivity index (χ0) is 15.9. The van der Waals surface area contributed by atoms with Gasteiger partial charge in [0.1, 0.15) is 11.4 Å². The van der Waals surface area contributed by atoms with Gasteiger partial charge in [-0.2, -0.15) is 0 Å². The molecule has 3 heteroatoms. The van der Waals surface area contributed by atoms with E-state index in [0.717, 1.165) is 12.3 Å². The van der Waals surface area contributed by atoms with E-state index in [1.165, 1.54) is 36.9 Å². The smallest absolute Gasteiger partial charge is 0.127 e. The zero-order valence-corrected chi connectivity index (χ0v) is 14.4. The lowest BCUT2D eigenvalue weighted by Gasteiger charge is -2.47. The van der Waals surface area contributed by atoms with Crippen LogP contribution in [-0.4, -0.2) is 29.6 Å². The van der Waals surface area contributed by atoms with Crippen molar-refractivity contribution in [1.82, 2.24) is 4.90 Å². The molecule has 3 unspecified atom stereocenters. The summed E-state index contributed by atoms with van der Waals surface area (Å²) in [5.41, 5.74) is 8.83. The van der Waals surface area contributed by atoms with Crippen molar-refractivity contribution >= 4 is 0 Å². The number of hydrogen-bond donors (Lipinski definition) is 1. The normalized spacial score (nSPS) is 31.4. The van der Waals surface area contributed by atoms with Gasteiger partial charge in [-0.3, -0.25) is 0 Å². The number of para-hydroxylation sites is 1. The molecule has 0 spiro atoms. The second kappa shape index (κ2) is 5.86. The molecule has 22 heavy (non-hydrogen) atoms. The molecule has 1 aromatic carbocycles. The zero-order valence-electron chi connectivity index (χ0n) is 14.4. The number of piperidine rings is 1. The molecule has 3 nitrogen and oxygen atoms in total. The molecular weight excluding hydrogens is 272 g/mol. The molecule has 2 aliphatic rings. The lowest BCUT2D eigenvalue weighted by atomic mass is 9.77. The molecule has 0 saturated carbocycles. The number of nitrogens with two attached hydrogens (primary N) is 1. The van der Waals surface area contributed by atoms with Gasteiger partial charge in [0.25, 0.3) is 0 Å². The van der Waals surface area contributed by atoms with Crippen molar-refractivity contribution in [1.29, 1.82) is 0 Å². The molecule has 2 heterocycles. The summed E-state index contributed by atoms with van der Waals surface area (Å²) in [7, 11) is 0. The van der Waals surface area contributed by atoms with Gasteiger partial charge in [-0.25, -0.2) is 0 Å². The van der Waals surface area contributed by atoms with Gasteiger partial charge in [-0.1, -0.05) is 24.6 Å². The van der Waals surface area contributed by atoms with Gasteiger partial charge in [0.05, 0.1) is 0 Å². The van der Waals surface area contributed by atoms with Crippen LogP contribution in [0.4, 0.5) is 0 Å². The molecule has 1 aromatic rings. The summed E-state index contributed by atoms with van der Waals surface area (Å²) in [4.78, 5) is 2.61. The van der Waals surface area contributed by atoms with Crippen molar-refractivity contribution in [3.8, 4) is 5.75 Å². The minimum Gasteiger partial charge on any atom is -0.487 e. The van der Waals surface area contributed by atoms with Crippen LogP contribution in [0.3, 0.4) is 0 Å². The van der Waals surface area contributed by atoms with E-state index in [1.54, 1.807) is 0 Å². The number of likely N-dealkylation sites (tertiary alicyclic amines) is 1. The minimum absolute atomic E-state index is 0.0489. The Balaban J connectivity index is 1.87. The number of rotatable bonds is 2. The Hall–Kier alpha value is -1.06. The van der Waals surface area contributed by atoms with Gasteiger partial charge in [0.2, 0.25) is 0 Å². The standard InChI is InChI=1S/C19H30N2O/c1-13-8-7-10-15-17(20)16(19(3,4)22-18(13)15)12-21-11-6-5-9-14(21)2/h7-8,10,14,16-17H,5-6,9,11-12,20H2,1-4H3. The summed E-state index contributed by atoms with van der Waals surface area (Å²) < 4.78 is 6.40. The average Bonchev–Trinajstić information content (AvgIpc) is 2.46. The van der Waals surface area contributed by atoms with Crippen LogP contribution in [0, 0.1) is 12.8 Å². The first-order chi connectivity index (χ1) is 10.4.